The molecule has 0 aromatic heterocycles. The van der Waals surface area contributed by atoms with E-state index in [0.29, 0.717) is 32.5 Å². The van der Waals surface area contributed by atoms with Gasteiger partial charge >= 0.3 is 0 Å². The zero-order valence-corrected chi connectivity index (χ0v) is 13.7. The molecule has 0 aliphatic carbocycles. The molecule has 1 aromatic carbocycles. The van der Waals surface area contributed by atoms with Crippen molar-refractivity contribution in [1.29, 1.82) is 0 Å². The van der Waals surface area contributed by atoms with Crippen molar-refractivity contribution in [2.45, 2.75) is 38.5 Å². The van der Waals surface area contributed by atoms with Gasteiger partial charge in [0.05, 0.1) is 12.1 Å². The molecule has 1 aromatic rings. The van der Waals surface area contributed by atoms with E-state index in [2.05, 4.69) is 5.32 Å². The molecule has 0 bridgehead atoms. The summed E-state index contributed by atoms with van der Waals surface area (Å²) in [5.41, 5.74) is 2.26. The first-order valence-electron chi connectivity index (χ1n) is 7.47. The summed E-state index contributed by atoms with van der Waals surface area (Å²) < 4.78 is 0. The molecule has 3 N–H and O–H groups in total. The van der Waals surface area contributed by atoms with Crippen LogP contribution in [0.15, 0.2) is 24.3 Å². The van der Waals surface area contributed by atoms with Gasteiger partial charge in [0.25, 0.3) is 0 Å². The first-order valence-corrected chi connectivity index (χ1v) is 7.47. The monoisotopic (exact) mass is 328 g/mol. The lowest BCUT2D eigenvalue weighted by Gasteiger charge is -2.25. The smallest absolute Gasteiger partial charge is 0.240 e. The van der Waals surface area contributed by atoms with Crippen LogP contribution in [0.5, 0.6) is 0 Å². The molecule has 1 fully saturated rings. The fraction of sp³-hybridized carbons (Fsp3) is 0.562. The van der Waals surface area contributed by atoms with E-state index >= 15 is 0 Å². The van der Waals surface area contributed by atoms with E-state index in [0.717, 1.165) is 5.56 Å². The molecule has 22 heavy (non-hydrogen) atoms. The number of nitrogens with one attached hydrogen (secondary N) is 1. The van der Waals surface area contributed by atoms with Crippen LogP contribution in [0.4, 0.5) is 0 Å². The zero-order valence-electron chi connectivity index (χ0n) is 12.9. The zero-order chi connectivity index (χ0) is 15.2. The Morgan fingerprint density at radius 1 is 1.36 bits per heavy atom. The maximum Gasteiger partial charge on any atom is 0.240 e. The molecule has 0 unspecified atom stereocenters. The third-order valence-corrected chi connectivity index (χ3v) is 3.80. The van der Waals surface area contributed by atoms with Gasteiger partial charge in [0, 0.05) is 26.2 Å². The normalized spacial score (nSPS) is 20.5. The van der Waals surface area contributed by atoms with Crippen molar-refractivity contribution in [3.63, 3.8) is 0 Å². The van der Waals surface area contributed by atoms with Crippen molar-refractivity contribution in [2.24, 2.45) is 0 Å². The number of aliphatic hydroxyl groups excluding tert-OH is 2. The molecule has 0 spiro atoms. The second-order valence-corrected chi connectivity index (χ2v) is 5.67. The summed E-state index contributed by atoms with van der Waals surface area (Å²) in [5, 5.41) is 21.6. The largest absolute Gasteiger partial charge is 0.396 e. The summed E-state index contributed by atoms with van der Waals surface area (Å²) >= 11 is 0. The average Bonchev–Trinajstić information content (AvgIpc) is 2.91. The molecule has 1 aliphatic heterocycles. The topological polar surface area (TPSA) is 72.8 Å². The van der Waals surface area contributed by atoms with Gasteiger partial charge in [-0.1, -0.05) is 29.8 Å². The quantitative estimate of drug-likeness (QED) is 0.724. The maximum absolute atomic E-state index is 12.5. The van der Waals surface area contributed by atoms with Gasteiger partial charge in [-0.15, -0.1) is 12.4 Å². The minimum atomic E-state index is -0.446. The number of amides is 1. The summed E-state index contributed by atoms with van der Waals surface area (Å²) in [4.78, 5) is 14.3. The second kappa shape index (κ2) is 9.10. The minimum absolute atomic E-state index is 0. The Labute approximate surface area is 137 Å². The summed E-state index contributed by atoms with van der Waals surface area (Å²) in [6.45, 7) is 3.63. The standard InChI is InChI=1S/C16H24N2O3.ClH/c1-12-3-5-13(6-4-12)11-18(7-2-8-19)16(21)15-9-14(20)10-17-15;/h3-6,14-15,17,19-20H,2,7-11H2,1H3;1H/t14-,15+;/m1./s1. The third-order valence-electron chi connectivity index (χ3n) is 3.80. The van der Waals surface area contributed by atoms with Gasteiger partial charge in [-0.2, -0.15) is 0 Å². The van der Waals surface area contributed by atoms with E-state index in [4.69, 9.17) is 5.11 Å². The molecule has 0 saturated carbocycles. The van der Waals surface area contributed by atoms with Crippen molar-refractivity contribution in [2.75, 3.05) is 19.7 Å². The fourth-order valence-electron chi connectivity index (χ4n) is 2.57. The highest BCUT2D eigenvalue weighted by molar-refractivity contribution is 5.85. The molecule has 1 saturated heterocycles. The Kier molecular flexibility index (Phi) is 7.82. The summed E-state index contributed by atoms with van der Waals surface area (Å²) in [6.07, 6.45) is 0.577. The summed E-state index contributed by atoms with van der Waals surface area (Å²) in [5.74, 6) is 0.000532. The van der Waals surface area contributed by atoms with Crippen LogP contribution in [0.1, 0.15) is 24.0 Å². The average molecular weight is 329 g/mol. The summed E-state index contributed by atoms with van der Waals surface area (Å²) in [7, 11) is 0. The van der Waals surface area contributed by atoms with E-state index in [9.17, 15) is 9.90 Å². The Hall–Kier alpha value is -1.14. The second-order valence-electron chi connectivity index (χ2n) is 5.67. The maximum atomic E-state index is 12.5. The number of hydrogen-bond donors (Lipinski definition) is 3. The molecular formula is C16H25ClN2O3. The first-order chi connectivity index (χ1) is 10.1. The van der Waals surface area contributed by atoms with Gasteiger partial charge in [0.15, 0.2) is 0 Å². The highest BCUT2D eigenvalue weighted by Gasteiger charge is 2.31. The predicted molar refractivity (Wildman–Crippen MR) is 88.0 cm³/mol. The van der Waals surface area contributed by atoms with Gasteiger partial charge in [-0.05, 0) is 25.3 Å². The number of aliphatic hydroxyl groups is 2. The van der Waals surface area contributed by atoms with E-state index in [1.165, 1.54) is 5.56 Å². The lowest BCUT2D eigenvalue weighted by Crippen LogP contribution is -2.43. The van der Waals surface area contributed by atoms with Gasteiger partial charge in [-0.25, -0.2) is 0 Å². The van der Waals surface area contributed by atoms with Crippen LogP contribution >= 0.6 is 12.4 Å². The Morgan fingerprint density at radius 3 is 2.59 bits per heavy atom. The molecule has 1 heterocycles. The van der Waals surface area contributed by atoms with Crippen LogP contribution in [-0.4, -0.2) is 52.9 Å². The highest BCUT2D eigenvalue weighted by Crippen LogP contribution is 2.13. The third kappa shape index (κ3) is 5.25. The molecule has 124 valence electrons. The Balaban J connectivity index is 0.00000242. The van der Waals surface area contributed by atoms with Gasteiger partial charge in [0.1, 0.15) is 0 Å². The number of hydrogen-bond acceptors (Lipinski definition) is 4. The van der Waals surface area contributed by atoms with E-state index in [1.807, 2.05) is 31.2 Å². The molecule has 2 rings (SSSR count). The number of β-amino-alcohol motifs (C(OH)–C–C–N with tert-alkyl or cyclic N) is 1. The Morgan fingerprint density at radius 2 is 2.05 bits per heavy atom. The number of aryl methyl sites for hydroxylation is 1. The Bertz CT molecular complexity index is 467. The lowest BCUT2D eigenvalue weighted by molar-refractivity contribution is -0.134. The van der Waals surface area contributed by atoms with Crippen LogP contribution in [0.25, 0.3) is 0 Å². The number of nitrogens with zero attached hydrogens (tertiary/aromatic N) is 1. The fourth-order valence-corrected chi connectivity index (χ4v) is 2.57. The number of benzene rings is 1. The van der Waals surface area contributed by atoms with Gasteiger partial charge in [0.2, 0.25) is 5.91 Å². The van der Waals surface area contributed by atoms with Crippen LogP contribution in [0.2, 0.25) is 0 Å². The van der Waals surface area contributed by atoms with E-state index in [1.54, 1.807) is 4.90 Å². The highest BCUT2D eigenvalue weighted by atomic mass is 35.5. The van der Waals surface area contributed by atoms with Crippen molar-refractivity contribution in [1.82, 2.24) is 10.2 Å². The van der Waals surface area contributed by atoms with Crippen molar-refractivity contribution in [3.8, 4) is 0 Å². The van der Waals surface area contributed by atoms with Crippen LogP contribution in [-0.2, 0) is 11.3 Å². The molecule has 6 heteroatoms. The molecule has 1 aliphatic rings. The number of carbonyl (C=O) groups excluding carboxylic acids is 1. The SMILES string of the molecule is Cc1ccc(CN(CCCO)C(=O)[C@@H]2C[C@@H](O)CN2)cc1.Cl. The van der Waals surface area contributed by atoms with Crippen LogP contribution in [0.3, 0.4) is 0 Å². The molecule has 2 atom stereocenters. The van der Waals surface area contributed by atoms with E-state index in [-0.39, 0.29) is 31.0 Å². The van der Waals surface area contributed by atoms with Gasteiger partial charge < -0.3 is 20.4 Å². The van der Waals surface area contributed by atoms with Gasteiger partial charge in [-0.3, -0.25) is 4.79 Å². The molecule has 5 nitrogen and oxygen atoms in total. The summed E-state index contributed by atoms with van der Waals surface area (Å²) in [6, 6.07) is 7.78. The van der Waals surface area contributed by atoms with Crippen molar-refractivity contribution in [3.05, 3.63) is 35.4 Å². The molecule has 0 radical (unpaired) electrons. The minimum Gasteiger partial charge on any atom is -0.396 e. The molecular weight excluding hydrogens is 304 g/mol. The number of rotatable bonds is 6. The van der Waals surface area contributed by atoms with Crippen molar-refractivity contribution < 1.29 is 15.0 Å². The first kappa shape index (κ1) is 18.9. The number of halogens is 1. The lowest BCUT2D eigenvalue weighted by atomic mass is 10.1. The van der Waals surface area contributed by atoms with Crippen LogP contribution in [0, 0.1) is 6.92 Å². The number of carbonyl (C=O) groups is 1. The van der Waals surface area contributed by atoms with Crippen LogP contribution < -0.4 is 5.32 Å². The molecule has 1 amide bonds. The van der Waals surface area contributed by atoms with Crippen molar-refractivity contribution >= 4 is 18.3 Å². The van der Waals surface area contributed by atoms with E-state index < -0.39 is 6.10 Å². The predicted octanol–water partition coefficient (Wildman–Crippen LogP) is 0.851.